The molecule has 5 nitrogen and oxygen atoms in total. The Morgan fingerprint density at radius 1 is 1.37 bits per heavy atom. The third-order valence-corrected chi connectivity index (χ3v) is 3.14. The van der Waals surface area contributed by atoms with Crippen molar-refractivity contribution in [3.05, 3.63) is 46.3 Å². The zero-order valence-corrected chi connectivity index (χ0v) is 11.3. The van der Waals surface area contributed by atoms with Gasteiger partial charge in [-0.05, 0) is 44.5 Å². The number of carbonyl (C=O) groups excluding carboxylic acids is 1. The highest BCUT2D eigenvalue weighted by molar-refractivity contribution is 5.94. The van der Waals surface area contributed by atoms with E-state index in [0.29, 0.717) is 17.8 Å². The summed E-state index contributed by atoms with van der Waals surface area (Å²) < 4.78 is 5.05. The minimum atomic E-state index is -0.136. The summed E-state index contributed by atoms with van der Waals surface area (Å²) in [6.45, 7) is 5.96. The van der Waals surface area contributed by atoms with Crippen LogP contribution in [0, 0.1) is 20.8 Å². The van der Waals surface area contributed by atoms with Gasteiger partial charge in [0.1, 0.15) is 5.76 Å². The molecule has 0 aliphatic rings. The summed E-state index contributed by atoms with van der Waals surface area (Å²) in [5.41, 5.74) is 9.61. The van der Waals surface area contributed by atoms with Gasteiger partial charge in [-0.3, -0.25) is 4.79 Å². The fourth-order valence-electron chi connectivity index (χ4n) is 1.84. The van der Waals surface area contributed by atoms with Crippen molar-refractivity contribution < 1.29 is 9.32 Å². The molecule has 2 aromatic rings. The van der Waals surface area contributed by atoms with E-state index in [1.807, 2.05) is 20.8 Å². The molecule has 2 rings (SSSR count). The van der Waals surface area contributed by atoms with Gasteiger partial charge in [0.25, 0.3) is 5.91 Å². The normalized spacial score (nSPS) is 10.5. The van der Waals surface area contributed by atoms with Gasteiger partial charge in [-0.25, -0.2) is 0 Å². The van der Waals surface area contributed by atoms with E-state index in [1.54, 1.807) is 18.2 Å². The molecule has 0 spiro atoms. The number of nitrogens with two attached hydrogens (primary N) is 1. The standard InChI is InChI=1S/C14H17N3O2/c1-8-6-11(4-5-13(8)15)14(18)16-7-12-9(2)17-19-10(12)3/h4-6H,7,15H2,1-3H3,(H,16,18). The number of aryl methyl sites for hydroxylation is 3. The molecule has 3 N–H and O–H groups in total. The highest BCUT2D eigenvalue weighted by atomic mass is 16.5. The number of nitrogen functional groups attached to an aromatic ring is 1. The van der Waals surface area contributed by atoms with E-state index in [-0.39, 0.29) is 5.91 Å². The molecule has 0 unspecified atom stereocenters. The van der Waals surface area contributed by atoms with E-state index in [0.717, 1.165) is 22.6 Å². The maximum atomic E-state index is 12.0. The average molecular weight is 259 g/mol. The van der Waals surface area contributed by atoms with E-state index >= 15 is 0 Å². The molecule has 0 atom stereocenters. The minimum Gasteiger partial charge on any atom is -0.399 e. The van der Waals surface area contributed by atoms with Gasteiger partial charge in [0.05, 0.1) is 5.69 Å². The maximum absolute atomic E-state index is 12.0. The number of anilines is 1. The Balaban J connectivity index is 2.07. The molecule has 1 aromatic carbocycles. The number of rotatable bonds is 3. The predicted molar refractivity (Wildman–Crippen MR) is 72.7 cm³/mol. The first-order valence-electron chi connectivity index (χ1n) is 6.05. The second-order valence-electron chi connectivity index (χ2n) is 4.56. The number of aromatic nitrogens is 1. The summed E-state index contributed by atoms with van der Waals surface area (Å²) in [6.07, 6.45) is 0. The Bertz CT molecular complexity index is 598. The summed E-state index contributed by atoms with van der Waals surface area (Å²) >= 11 is 0. The SMILES string of the molecule is Cc1cc(C(=O)NCc2c(C)noc2C)ccc1N. The van der Waals surface area contributed by atoms with Gasteiger partial charge in [-0.15, -0.1) is 0 Å². The van der Waals surface area contributed by atoms with Crippen LogP contribution in [0.3, 0.4) is 0 Å². The number of amides is 1. The summed E-state index contributed by atoms with van der Waals surface area (Å²) in [4.78, 5) is 12.0. The van der Waals surface area contributed by atoms with Crippen molar-refractivity contribution in [2.45, 2.75) is 27.3 Å². The van der Waals surface area contributed by atoms with Crippen LogP contribution in [0.25, 0.3) is 0 Å². The van der Waals surface area contributed by atoms with Gasteiger partial charge in [-0.2, -0.15) is 0 Å². The molecule has 0 aliphatic carbocycles. The van der Waals surface area contributed by atoms with Crippen LogP contribution in [0.2, 0.25) is 0 Å². The van der Waals surface area contributed by atoms with Crippen LogP contribution in [0.1, 0.15) is 32.9 Å². The molecular weight excluding hydrogens is 242 g/mol. The summed E-state index contributed by atoms with van der Waals surface area (Å²) in [7, 11) is 0. The van der Waals surface area contributed by atoms with Gasteiger partial charge >= 0.3 is 0 Å². The molecule has 100 valence electrons. The molecule has 0 saturated heterocycles. The number of hydrogen-bond acceptors (Lipinski definition) is 4. The molecule has 0 fully saturated rings. The number of nitrogens with one attached hydrogen (secondary N) is 1. The number of benzene rings is 1. The second kappa shape index (κ2) is 5.14. The van der Waals surface area contributed by atoms with Crippen LogP contribution >= 0.6 is 0 Å². The first kappa shape index (κ1) is 13.1. The van der Waals surface area contributed by atoms with Gasteiger partial charge < -0.3 is 15.6 Å². The van der Waals surface area contributed by atoms with Crippen molar-refractivity contribution in [1.29, 1.82) is 0 Å². The lowest BCUT2D eigenvalue weighted by Crippen LogP contribution is -2.23. The molecule has 0 aliphatic heterocycles. The lowest BCUT2D eigenvalue weighted by atomic mass is 10.1. The lowest BCUT2D eigenvalue weighted by molar-refractivity contribution is 0.0950. The molecule has 1 aromatic heterocycles. The smallest absolute Gasteiger partial charge is 0.251 e. The van der Waals surface area contributed by atoms with Crippen LogP contribution in [-0.4, -0.2) is 11.1 Å². The minimum absolute atomic E-state index is 0.136. The van der Waals surface area contributed by atoms with E-state index in [9.17, 15) is 4.79 Å². The molecular formula is C14H17N3O2. The number of carbonyl (C=O) groups is 1. The fraction of sp³-hybridized carbons (Fsp3) is 0.286. The van der Waals surface area contributed by atoms with Crippen molar-refractivity contribution in [3.63, 3.8) is 0 Å². The van der Waals surface area contributed by atoms with E-state index < -0.39 is 0 Å². The average Bonchev–Trinajstić information content (AvgIpc) is 2.69. The summed E-state index contributed by atoms with van der Waals surface area (Å²) in [5.74, 6) is 0.592. The van der Waals surface area contributed by atoms with Gasteiger partial charge in [0, 0.05) is 23.4 Å². The third-order valence-electron chi connectivity index (χ3n) is 3.14. The third kappa shape index (κ3) is 2.76. The first-order valence-corrected chi connectivity index (χ1v) is 6.05. The largest absolute Gasteiger partial charge is 0.399 e. The Morgan fingerprint density at radius 3 is 2.68 bits per heavy atom. The maximum Gasteiger partial charge on any atom is 0.251 e. The second-order valence-corrected chi connectivity index (χ2v) is 4.56. The molecule has 5 heteroatoms. The van der Waals surface area contributed by atoms with Crippen LogP contribution in [0.5, 0.6) is 0 Å². The topological polar surface area (TPSA) is 81.2 Å². The Kier molecular flexibility index (Phi) is 3.55. The van der Waals surface area contributed by atoms with Crippen molar-refractivity contribution in [2.75, 3.05) is 5.73 Å². The zero-order chi connectivity index (χ0) is 14.0. The molecule has 0 radical (unpaired) electrons. The molecule has 1 heterocycles. The highest BCUT2D eigenvalue weighted by Gasteiger charge is 2.11. The molecule has 19 heavy (non-hydrogen) atoms. The monoisotopic (exact) mass is 259 g/mol. The number of hydrogen-bond donors (Lipinski definition) is 2. The van der Waals surface area contributed by atoms with Crippen LogP contribution in [0.15, 0.2) is 22.7 Å². The summed E-state index contributed by atoms with van der Waals surface area (Å²) in [5, 5.41) is 6.70. The molecule has 1 amide bonds. The Morgan fingerprint density at radius 2 is 2.11 bits per heavy atom. The fourth-order valence-corrected chi connectivity index (χ4v) is 1.84. The van der Waals surface area contributed by atoms with E-state index in [2.05, 4.69) is 10.5 Å². The Labute approximate surface area is 111 Å². The van der Waals surface area contributed by atoms with Gasteiger partial charge in [0.2, 0.25) is 0 Å². The highest BCUT2D eigenvalue weighted by Crippen LogP contribution is 2.14. The summed E-state index contributed by atoms with van der Waals surface area (Å²) in [6, 6.07) is 5.23. The van der Waals surface area contributed by atoms with Crippen LogP contribution < -0.4 is 11.1 Å². The van der Waals surface area contributed by atoms with Crippen LogP contribution in [0.4, 0.5) is 5.69 Å². The zero-order valence-electron chi connectivity index (χ0n) is 11.3. The van der Waals surface area contributed by atoms with E-state index in [4.69, 9.17) is 10.3 Å². The van der Waals surface area contributed by atoms with E-state index in [1.165, 1.54) is 0 Å². The number of nitrogens with zero attached hydrogens (tertiary/aromatic N) is 1. The van der Waals surface area contributed by atoms with Crippen molar-refractivity contribution in [3.8, 4) is 0 Å². The van der Waals surface area contributed by atoms with Crippen molar-refractivity contribution >= 4 is 11.6 Å². The van der Waals surface area contributed by atoms with Gasteiger partial charge in [-0.1, -0.05) is 5.16 Å². The van der Waals surface area contributed by atoms with Crippen molar-refractivity contribution in [2.24, 2.45) is 0 Å². The molecule has 0 bridgehead atoms. The first-order chi connectivity index (χ1) is 8.99. The quantitative estimate of drug-likeness (QED) is 0.827. The Hall–Kier alpha value is -2.30. The lowest BCUT2D eigenvalue weighted by Gasteiger charge is -2.07. The molecule has 0 saturated carbocycles. The van der Waals surface area contributed by atoms with Crippen molar-refractivity contribution in [1.82, 2.24) is 10.5 Å². The predicted octanol–water partition coefficient (Wildman–Crippen LogP) is 2.11. The van der Waals surface area contributed by atoms with Crippen LogP contribution in [-0.2, 0) is 6.54 Å². The van der Waals surface area contributed by atoms with Gasteiger partial charge in [0.15, 0.2) is 0 Å².